The van der Waals surface area contributed by atoms with Crippen LogP contribution in [0.5, 0.6) is 0 Å². The van der Waals surface area contributed by atoms with E-state index >= 15 is 0 Å². The van der Waals surface area contributed by atoms with E-state index in [1.807, 2.05) is 30.0 Å². The first-order valence-electron chi connectivity index (χ1n) is 20.3. The maximum absolute atomic E-state index is 4.99. The molecule has 0 radical (unpaired) electrons. The molecule has 3 nitrogen and oxygen atoms in total. The smallest absolute Gasteiger partial charge is 0.124 e. The molecule has 0 atom stereocenters. The first-order chi connectivity index (χ1) is 30.1. The van der Waals surface area contributed by atoms with E-state index in [2.05, 4.69) is 192 Å². The van der Waals surface area contributed by atoms with Crippen molar-refractivity contribution in [2.45, 2.75) is 14.7 Å². The van der Waals surface area contributed by atoms with Gasteiger partial charge in [0.2, 0.25) is 0 Å². The summed E-state index contributed by atoms with van der Waals surface area (Å²) in [6.07, 6.45) is 0. The molecule has 0 unspecified atom stereocenters. The predicted molar refractivity (Wildman–Crippen MR) is 264 cm³/mol. The Bertz CT molecular complexity index is 3440. The van der Waals surface area contributed by atoms with Crippen LogP contribution in [0.4, 0.5) is 28.4 Å². The molecule has 0 spiro atoms. The van der Waals surface area contributed by atoms with Gasteiger partial charge in [-0.05, 0) is 133 Å². The Labute approximate surface area is 367 Å². The van der Waals surface area contributed by atoms with Gasteiger partial charge in [-0.3, -0.25) is 0 Å². The number of benzene rings is 10. The summed E-state index contributed by atoms with van der Waals surface area (Å²) in [4.78, 5) is 10.8. The number of rotatable bonds is 6. The minimum atomic E-state index is 0.899. The van der Waals surface area contributed by atoms with E-state index in [1.54, 1.807) is 11.3 Å². The van der Waals surface area contributed by atoms with E-state index in [9.17, 15) is 0 Å². The molecule has 0 saturated carbocycles. The third kappa shape index (κ3) is 6.26. The first-order valence-corrected chi connectivity index (χ1v) is 22.4. The van der Waals surface area contributed by atoms with E-state index in [0.29, 0.717) is 0 Å². The number of thiazole rings is 1. The number of aromatic nitrogens is 1. The first kappa shape index (κ1) is 36.1. The molecule has 6 heteroatoms. The SMILES string of the molecule is Sc1ccccc1Nc1ccc2c(-c3ccc4ccccc4c3)c3cc(N4c5ccccc5Sc5ccccc54)ccc3c(-c3ccc(-c4nc5ccccc5s4)cc3)c2c1. The molecule has 0 bridgehead atoms. The summed E-state index contributed by atoms with van der Waals surface area (Å²) in [7, 11) is 0. The highest BCUT2D eigenvalue weighted by Crippen LogP contribution is 2.53. The van der Waals surface area contributed by atoms with E-state index in [1.165, 1.54) is 74.9 Å². The van der Waals surface area contributed by atoms with Crippen molar-refractivity contribution >= 4 is 107 Å². The van der Waals surface area contributed by atoms with Gasteiger partial charge < -0.3 is 10.2 Å². The lowest BCUT2D eigenvalue weighted by atomic mass is 9.85. The predicted octanol–water partition coefficient (Wildman–Crippen LogP) is 16.7. The molecule has 61 heavy (non-hydrogen) atoms. The zero-order valence-corrected chi connectivity index (χ0v) is 35.2. The Morgan fingerprint density at radius 2 is 1.10 bits per heavy atom. The molecule has 0 aliphatic carbocycles. The van der Waals surface area contributed by atoms with Gasteiger partial charge in [-0.2, -0.15) is 0 Å². The number of hydrogen-bond donors (Lipinski definition) is 2. The minimum Gasteiger partial charge on any atom is -0.355 e. The van der Waals surface area contributed by atoms with Crippen LogP contribution in [0, 0.1) is 0 Å². The van der Waals surface area contributed by atoms with Gasteiger partial charge in [-0.1, -0.05) is 133 Å². The lowest BCUT2D eigenvalue weighted by molar-refractivity contribution is 1.17. The molecular formula is C55H35N3S3. The molecule has 0 saturated heterocycles. The highest BCUT2D eigenvalue weighted by atomic mass is 32.2. The summed E-state index contributed by atoms with van der Waals surface area (Å²) in [6, 6.07) is 72.5. The topological polar surface area (TPSA) is 28.2 Å². The molecular weight excluding hydrogens is 799 g/mol. The summed E-state index contributed by atoms with van der Waals surface area (Å²) in [5, 5.41) is 11.9. The quantitative estimate of drug-likeness (QED) is 0.129. The summed E-state index contributed by atoms with van der Waals surface area (Å²) in [6.45, 7) is 0. The molecule has 1 aliphatic heterocycles. The van der Waals surface area contributed by atoms with Crippen molar-refractivity contribution in [3.05, 3.63) is 200 Å². The second-order valence-electron chi connectivity index (χ2n) is 15.4. The molecule has 1 aromatic heterocycles. The highest BCUT2D eigenvalue weighted by Gasteiger charge is 2.26. The van der Waals surface area contributed by atoms with Crippen LogP contribution in [0.3, 0.4) is 0 Å². The average molecular weight is 834 g/mol. The van der Waals surface area contributed by atoms with Crippen LogP contribution in [-0.4, -0.2) is 4.98 Å². The van der Waals surface area contributed by atoms with E-state index < -0.39 is 0 Å². The van der Waals surface area contributed by atoms with Gasteiger partial charge in [0, 0.05) is 31.6 Å². The van der Waals surface area contributed by atoms with E-state index in [-0.39, 0.29) is 0 Å². The van der Waals surface area contributed by atoms with Gasteiger partial charge in [-0.25, -0.2) is 4.98 Å². The standard InChI is InChI=1S/C55H35N3S3/c59-49-17-7-3-13-45(49)56-39-27-29-41-43(32-39)53(35-22-24-36(25-23-35)55-57-46-14-4-8-18-50(46)61-55)42-30-28-40(33-44(42)54(41)38-26-21-34-11-1-2-12-37(34)31-38)58-47-15-5-9-19-51(47)60-52-20-10-6-16-48(52)58/h1-33,56,59H. The maximum Gasteiger partial charge on any atom is 0.124 e. The minimum absolute atomic E-state index is 0.899. The monoisotopic (exact) mass is 833 g/mol. The van der Waals surface area contributed by atoms with Gasteiger partial charge in [0.1, 0.15) is 5.01 Å². The third-order valence-corrected chi connectivity index (χ3v) is 14.3. The zero-order chi connectivity index (χ0) is 40.4. The van der Waals surface area contributed by atoms with Crippen molar-refractivity contribution in [1.29, 1.82) is 0 Å². The van der Waals surface area contributed by atoms with Gasteiger partial charge in [0.05, 0.1) is 27.3 Å². The fourth-order valence-electron chi connectivity index (χ4n) is 8.89. The van der Waals surface area contributed by atoms with Crippen molar-refractivity contribution in [2.24, 2.45) is 0 Å². The molecule has 0 amide bonds. The Balaban J connectivity index is 1.14. The number of para-hydroxylation sites is 4. The molecule has 1 N–H and O–H groups in total. The molecule has 11 aromatic rings. The maximum atomic E-state index is 4.99. The van der Waals surface area contributed by atoms with Crippen LogP contribution in [0.25, 0.3) is 75.4 Å². The van der Waals surface area contributed by atoms with E-state index in [4.69, 9.17) is 17.6 Å². The van der Waals surface area contributed by atoms with Crippen LogP contribution in [-0.2, 0) is 0 Å². The fraction of sp³-hybridized carbons (Fsp3) is 0. The number of nitrogens with zero attached hydrogens (tertiary/aromatic N) is 2. The van der Waals surface area contributed by atoms with Crippen LogP contribution >= 0.6 is 35.7 Å². The molecule has 12 rings (SSSR count). The number of anilines is 5. The van der Waals surface area contributed by atoms with Crippen molar-refractivity contribution in [1.82, 2.24) is 4.98 Å². The second kappa shape index (κ2) is 14.7. The Hall–Kier alpha value is -6.83. The van der Waals surface area contributed by atoms with Gasteiger partial charge >= 0.3 is 0 Å². The third-order valence-electron chi connectivity index (χ3n) is 11.7. The molecule has 0 fully saturated rings. The molecule has 10 aromatic carbocycles. The number of fused-ring (bicyclic) bond motifs is 6. The Morgan fingerprint density at radius 1 is 0.475 bits per heavy atom. The highest BCUT2D eigenvalue weighted by molar-refractivity contribution is 7.99. The summed E-state index contributed by atoms with van der Waals surface area (Å²) < 4.78 is 1.19. The Kier molecular flexibility index (Phi) is 8.70. The van der Waals surface area contributed by atoms with Gasteiger partial charge in [0.15, 0.2) is 0 Å². The Morgan fingerprint density at radius 3 is 1.89 bits per heavy atom. The fourth-order valence-corrected chi connectivity index (χ4v) is 11.1. The largest absolute Gasteiger partial charge is 0.355 e. The van der Waals surface area contributed by atoms with Crippen LogP contribution in [0.1, 0.15) is 0 Å². The normalized spacial score (nSPS) is 12.2. The lowest BCUT2D eigenvalue weighted by Crippen LogP contribution is -2.14. The molecule has 1 aliphatic rings. The molecule has 288 valence electrons. The number of thiol groups is 1. The summed E-state index contributed by atoms with van der Waals surface area (Å²) in [5.41, 5.74) is 12.3. The van der Waals surface area contributed by atoms with E-state index in [0.717, 1.165) is 43.6 Å². The molecule has 2 heterocycles. The van der Waals surface area contributed by atoms with Gasteiger partial charge in [0.25, 0.3) is 0 Å². The van der Waals surface area contributed by atoms with Crippen LogP contribution in [0.15, 0.2) is 215 Å². The van der Waals surface area contributed by atoms with Crippen molar-refractivity contribution in [3.63, 3.8) is 0 Å². The number of nitrogens with one attached hydrogen (secondary N) is 1. The van der Waals surface area contributed by atoms with Crippen molar-refractivity contribution < 1.29 is 0 Å². The lowest BCUT2D eigenvalue weighted by Gasteiger charge is -2.33. The van der Waals surface area contributed by atoms with Crippen molar-refractivity contribution in [2.75, 3.05) is 10.2 Å². The zero-order valence-electron chi connectivity index (χ0n) is 32.7. The average Bonchev–Trinajstić information content (AvgIpc) is 3.75. The summed E-state index contributed by atoms with van der Waals surface area (Å²) in [5.74, 6) is 0. The second-order valence-corrected chi connectivity index (χ2v) is 18.0. The van der Waals surface area contributed by atoms with Crippen LogP contribution in [0.2, 0.25) is 0 Å². The van der Waals surface area contributed by atoms with Crippen LogP contribution < -0.4 is 10.2 Å². The van der Waals surface area contributed by atoms with Gasteiger partial charge in [-0.15, -0.1) is 24.0 Å². The van der Waals surface area contributed by atoms with Crippen molar-refractivity contribution in [3.8, 4) is 32.8 Å². The number of hydrogen-bond acceptors (Lipinski definition) is 6. The summed E-state index contributed by atoms with van der Waals surface area (Å²) >= 11 is 8.36.